The molecule has 1 N–H and O–H groups in total. The average Bonchev–Trinajstić information content (AvgIpc) is 2.87. The van der Waals surface area contributed by atoms with Gasteiger partial charge in [0.2, 0.25) is 0 Å². The maximum Gasteiger partial charge on any atom is 0.154 e. The first-order chi connectivity index (χ1) is 8.11. The van der Waals surface area contributed by atoms with Crippen LogP contribution in [0.3, 0.4) is 0 Å². The van der Waals surface area contributed by atoms with E-state index in [2.05, 4.69) is 24.3 Å². The van der Waals surface area contributed by atoms with Gasteiger partial charge >= 0.3 is 0 Å². The van der Waals surface area contributed by atoms with Gasteiger partial charge in [-0.1, -0.05) is 6.92 Å². The number of nitrogens with one attached hydrogen (secondary N) is 1. The van der Waals surface area contributed by atoms with Crippen molar-refractivity contribution in [2.75, 3.05) is 6.54 Å². The van der Waals surface area contributed by atoms with Crippen molar-refractivity contribution in [3.8, 4) is 11.5 Å². The first-order valence-electron chi connectivity index (χ1n) is 5.96. The van der Waals surface area contributed by atoms with Crippen molar-refractivity contribution in [2.24, 2.45) is 7.05 Å². The van der Waals surface area contributed by atoms with E-state index < -0.39 is 0 Å². The first-order valence-corrected chi connectivity index (χ1v) is 5.96. The van der Waals surface area contributed by atoms with E-state index in [0.717, 1.165) is 29.5 Å². The summed E-state index contributed by atoms with van der Waals surface area (Å²) >= 11 is 0. The van der Waals surface area contributed by atoms with Crippen molar-refractivity contribution in [1.82, 2.24) is 15.1 Å². The Labute approximate surface area is 102 Å². The highest BCUT2D eigenvalue weighted by atomic mass is 16.3. The van der Waals surface area contributed by atoms with Crippen LogP contribution in [0.1, 0.15) is 31.3 Å². The highest BCUT2D eigenvalue weighted by Crippen LogP contribution is 2.24. The second-order valence-electron chi connectivity index (χ2n) is 4.28. The van der Waals surface area contributed by atoms with Gasteiger partial charge in [-0.05, 0) is 38.6 Å². The normalized spacial score (nSPS) is 12.9. The minimum atomic E-state index is 0.235. The Morgan fingerprint density at radius 3 is 2.82 bits per heavy atom. The van der Waals surface area contributed by atoms with E-state index >= 15 is 0 Å². The van der Waals surface area contributed by atoms with Crippen LogP contribution in [0.15, 0.2) is 22.6 Å². The van der Waals surface area contributed by atoms with Gasteiger partial charge in [0.05, 0.1) is 6.04 Å². The molecular weight excluding hydrogens is 214 g/mol. The van der Waals surface area contributed by atoms with Gasteiger partial charge in [-0.15, -0.1) is 0 Å². The van der Waals surface area contributed by atoms with Gasteiger partial charge < -0.3 is 9.73 Å². The van der Waals surface area contributed by atoms with E-state index in [1.807, 2.05) is 36.9 Å². The van der Waals surface area contributed by atoms with Gasteiger partial charge in [-0.2, -0.15) is 5.10 Å². The summed E-state index contributed by atoms with van der Waals surface area (Å²) < 4.78 is 7.67. The molecule has 0 saturated heterocycles. The molecule has 0 amide bonds. The molecule has 2 rings (SSSR count). The number of nitrogens with zero attached hydrogens (tertiary/aromatic N) is 2. The van der Waals surface area contributed by atoms with Crippen LogP contribution in [0, 0.1) is 6.92 Å². The van der Waals surface area contributed by atoms with Crippen molar-refractivity contribution < 1.29 is 4.42 Å². The fraction of sp³-hybridized carbons (Fsp3) is 0.462. The minimum Gasteiger partial charge on any atom is -0.458 e. The van der Waals surface area contributed by atoms with Crippen LogP contribution in [0.4, 0.5) is 0 Å². The summed E-state index contributed by atoms with van der Waals surface area (Å²) in [6.07, 6.45) is 0. The van der Waals surface area contributed by atoms with Gasteiger partial charge in [0.1, 0.15) is 11.5 Å². The molecule has 2 aromatic rings. The topological polar surface area (TPSA) is 43.0 Å². The van der Waals surface area contributed by atoms with Gasteiger partial charge in [-0.25, -0.2) is 0 Å². The molecule has 2 heterocycles. The summed E-state index contributed by atoms with van der Waals surface area (Å²) in [4.78, 5) is 0. The Morgan fingerprint density at radius 1 is 1.47 bits per heavy atom. The van der Waals surface area contributed by atoms with Crippen molar-refractivity contribution in [1.29, 1.82) is 0 Å². The molecule has 0 aliphatic rings. The Balaban J connectivity index is 2.23. The van der Waals surface area contributed by atoms with Crippen LogP contribution in [0.25, 0.3) is 11.5 Å². The number of hydrogen-bond acceptors (Lipinski definition) is 3. The highest BCUT2D eigenvalue weighted by Gasteiger charge is 2.12. The van der Waals surface area contributed by atoms with Crippen LogP contribution in [0.5, 0.6) is 0 Å². The van der Waals surface area contributed by atoms with E-state index in [1.54, 1.807) is 0 Å². The number of furan rings is 1. The predicted octanol–water partition coefficient (Wildman–Crippen LogP) is 2.66. The van der Waals surface area contributed by atoms with Crippen LogP contribution in [-0.2, 0) is 7.05 Å². The third kappa shape index (κ3) is 2.42. The molecule has 0 aliphatic carbocycles. The molecule has 0 aromatic carbocycles. The van der Waals surface area contributed by atoms with Crippen molar-refractivity contribution in [3.63, 3.8) is 0 Å². The van der Waals surface area contributed by atoms with E-state index in [9.17, 15) is 0 Å². The molecule has 0 fully saturated rings. The van der Waals surface area contributed by atoms with Gasteiger partial charge in [0.25, 0.3) is 0 Å². The molecule has 17 heavy (non-hydrogen) atoms. The maximum atomic E-state index is 5.81. The van der Waals surface area contributed by atoms with Crippen LogP contribution in [0.2, 0.25) is 0 Å². The Morgan fingerprint density at radius 2 is 2.24 bits per heavy atom. The molecule has 1 atom stereocenters. The summed E-state index contributed by atoms with van der Waals surface area (Å²) in [5, 5.41) is 7.73. The predicted molar refractivity (Wildman–Crippen MR) is 67.7 cm³/mol. The zero-order chi connectivity index (χ0) is 12.4. The molecule has 0 aliphatic heterocycles. The average molecular weight is 233 g/mol. The van der Waals surface area contributed by atoms with Crippen molar-refractivity contribution in [3.05, 3.63) is 29.7 Å². The molecule has 4 heteroatoms. The minimum absolute atomic E-state index is 0.235. The zero-order valence-corrected chi connectivity index (χ0v) is 10.8. The SMILES string of the molecule is CCNC(C)c1ccc(-c2cc(C)n(C)n2)o1. The number of aryl methyl sites for hydroxylation is 2. The second-order valence-corrected chi connectivity index (χ2v) is 4.28. The standard InChI is InChI=1S/C13H19N3O/c1-5-14-10(3)12-6-7-13(17-12)11-8-9(2)16(4)15-11/h6-8,10,14H,5H2,1-4H3. The largest absolute Gasteiger partial charge is 0.458 e. The monoisotopic (exact) mass is 233 g/mol. The third-order valence-electron chi connectivity index (χ3n) is 2.93. The van der Waals surface area contributed by atoms with E-state index in [1.165, 1.54) is 0 Å². The smallest absolute Gasteiger partial charge is 0.154 e. The molecule has 1 unspecified atom stereocenters. The van der Waals surface area contributed by atoms with Crippen LogP contribution < -0.4 is 5.32 Å². The number of hydrogen-bond donors (Lipinski definition) is 1. The number of rotatable bonds is 4. The third-order valence-corrected chi connectivity index (χ3v) is 2.93. The van der Waals surface area contributed by atoms with Gasteiger partial charge in [0, 0.05) is 12.7 Å². The molecule has 0 saturated carbocycles. The molecule has 0 spiro atoms. The summed E-state index contributed by atoms with van der Waals surface area (Å²) in [7, 11) is 1.93. The summed E-state index contributed by atoms with van der Waals surface area (Å²) in [5.41, 5.74) is 2.01. The lowest BCUT2D eigenvalue weighted by Gasteiger charge is -2.08. The second kappa shape index (κ2) is 4.75. The zero-order valence-electron chi connectivity index (χ0n) is 10.8. The summed E-state index contributed by atoms with van der Waals surface area (Å²) in [6.45, 7) is 7.14. The number of aromatic nitrogens is 2. The van der Waals surface area contributed by atoms with Crippen LogP contribution >= 0.6 is 0 Å². The molecule has 0 bridgehead atoms. The summed E-state index contributed by atoms with van der Waals surface area (Å²) in [5.74, 6) is 1.78. The fourth-order valence-corrected chi connectivity index (χ4v) is 1.81. The van der Waals surface area contributed by atoms with E-state index in [-0.39, 0.29) is 6.04 Å². The summed E-state index contributed by atoms with van der Waals surface area (Å²) in [6, 6.07) is 6.25. The van der Waals surface area contributed by atoms with E-state index in [0.29, 0.717) is 0 Å². The highest BCUT2D eigenvalue weighted by molar-refractivity contribution is 5.52. The molecule has 0 radical (unpaired) electrons. The quantitative estimate of drug-likeness (QED) is 0.882. The Kier molecular flexibility index (Phi) is 3.33. The maximum absolute atomic E-state index is 5.81. The van der Waals surface area contributed by atoms with Gasteiger partial charge in [0.15, 0.2) is 5.76 Å². The Hall–Kier alpha value is -1.55. The van der Waals surface area contributed by atoms with Crippen molar-refractivity contribution >= 4 is 0 Å². The Bertz CT molecular complexity index is 479. The van der Waals surface area contributed by atoms with Crippen LogP contribution in [-0.4, -0.2) is 16.3 Å². The first kappa shape index (κ1) is 11.9. The molecule has 4 nitrogen and oxygen atoms in total. The fourth-order valence-electron chi connectivity index (χ4n) is 1.81. The lowest BCUT2D eigenvalue weighted by molar-refractivity contribution is 0.444. The van der Waals surface area contributed by atoms with Gasteiger partial charge in [-0.3, -0.25) is 4.68 Å². The molecule has 92 valence electrons. The molecule has 2 aromatic heterocycles. The van der Waals surface area contributed by atoms with E-state index in [4.69, 9.17) is 4.42 Å². The lowest BCUT2D eigenvalue weighted by Crippen LogP contribution is -2.16. The lowest BCUT2D eigenvalue weighted by atomic mass is 10.2. The van der Waals surface area contributed by atoms with Crippen molar-refractivity contribution in [2.45, 2.75) is 26.8 Å². The molecular formula is C13H19N3O.